The SMILES string of the molecule is CN1CC(C)(C)S(=O)(=O)c2cccc(Cl)c21. The fourth-order valence-corrected chi connectivity index (χ4v) is 4.23. The van der Waals surface area contributed by atoms with Crippen molar-refractivity contribution in [3.05, 3.63) is 23.2 Å². The van der Waals surface area contributed by atoms with E-state index in [1.54, 1.807) is 32.0 Å². The lowest BCUT2D eigenvalue weighted by Gasteiger charge is -2.38. The molecule has 3 nitrogen and oxygen atoms in total. The van der Waals surface area contributed by atoms with Gasteiger partial charge in [-0.1, -0.05) is 17.7 Å². The number of benzene rings is 1. The van der Waals surface area contributed by atoms with Gasteiger partial charge in [0, 0.05) is 13.6 Å². The number of rotatable bonds is 0. The lowest BCUT2D eigenvalue weighted by Crippen LogP contribution is -2.47. The second-order valence-corrected chi connectivity index (χ2v) is 7.66. The van der Waals surface area contributed by atoms with E-state index in [1.807, 2.05) is 11.9 Å². The maximum Gasteiger partial charge on any atom is 0.187 e. The largest absolute Gasteiger partial charge is 0.371 e. The number of hydrogen-bond donors (Lipinski definition) is 0. The van der Waals surface area contributed by atoms with E-state index in [0.717, 1.165) is 0 Å². The smallest absolute Gasteiger partial charge is 0.187 e. The number of sulfone groups is 1. The van der Waals surface area contributed by atoms with Gasteiger partial charge in [0.05, 0.1) is 20.4 Å². The Bertz CT molecular complexity index is 537. The van der Waals surface area contributed by atoms with Crippen LogP contribution in [-0.4, -0.2) is 26.8 Å². The Labute approximate surface area is 101 Å². The number of para-hydroxylation sites is 1. The van der Waals surface area contributed by atoms with Crippen LogP contribution in [0.25, 0.3) is 0 Å². The summed E-state index contributed by atoms with van der Waals surface area (Å²) in [5, 5.41) is 0.485. The van der Waals surface area contributed by atoms with E-state index >= 15 is 0 Å². The lowest BCUT2D eigenvalue weighted by atomic mass is 10.1. The summed E-state index contributed by atoms with van der Waals surface area (Å²) in [6, 6.07) is 5.01. The normalized spacial score (nSPS) is 21.6. The quantitative estimate of drug-likeness (QED) is 0.718. The molecule has 1 heterocycles. The first-order chi connectivity index (χ1) is 7.27. The number of halogens is 1. The zero-order chi connectivity index (χ0) is 12.1. The van der Waals surface area contributed by atoms with Crippen molar-refractivity contribution in [1.29, 1.82) is 0 Å². The maximum absolute atomic E-state index is 12.3. The first-order valence-electron chi connectivity index (χ1n) is 5.02. The predicted molar refractivity (Wildman–Crippen MR) is 66.0 cm³/mol. The van der Waals surface area contributed by atoms with Gasteiger partial charge >= 0.3 is 0 Å². The Morgan fingerprint density at radius 2 is 2.00 bits per heavy atom. The van der Waals surface area contributed by atoms with Crippen LogP contribution in [-0.2, 0) is 9.84 Å². The minimum absolute atomic E-state index is 0.332. The zero-order valence-corrected chi connectivity index (χ0v) is 11.1. The van der Waals surface area contributed by atoms with Gasteiger partial charge in [-0.05, 0) is 26.0 Å². The summed E-state index contributed by atoms with van der Waals surface area (Å²) >= 11 is 6.05. The van der Waals surface area contributed by atoms with Gasteiger partial charge in [-0.25, -0.2) is 8.42 Å². The van der Waals surface area contributed by atoms with Crippen molar-refractivity contribution in [2.75, 3.05) is 18.5 Å². The Balaban J connectivity index is 2.80. The van der Waals surface area contributed by atoms with Crippen LogP contribution in [0.15, 0.2) is 23.1 Å². The van der Waals surface area contributed by atoms with Crippen molar-refractivity contribution < 1.29 is 8.42 Å². The summed E-state index contributed by atoms with van der Waals surface area (Å²) in [7, 11) is -1.44. The highest BCUT2D eigenvalue weighted by Gasteiger charge is 2.43. The van der Waals surface area contributed by atoms with Gasteiger partial charge in [-0.15, -0.1) is 0 Å². The molecule has 2 rings (SSSR count). The van der Waals surface area contributed by atoms with E-state index in [1.165, 1.54) is 0 Å². The van der Waals surface area contributed by atoms with Crippen LogP contribution in [0, 0.1) is 0 Å². The van der Waals surface area contributed by atoms with Gasteiger partial charge in [0.1, 0.15) is 0 Å². The third-order valence-electron chi connectivity index (χ3n) is 2.97. The Morgan fingerprint density at radius 3 is 2.62 bits per heavy atom. The summed E-state index contributed by atoms with van der Waals surface area (Å²) in [5.74, 6) is 0. The molecule has 0 unspecified atom stereocenters. The molecule has 1 aliphatic heterocycles. The second-order valence-electron chi connectivity index (χ2n) is 4.71. The standard InChI is InChI=1S/C11H14ClNO2S/c1-11(2)7-13(3)10-8(12)5-4-6-9(10)16(11,14)15/h4-6H,7H2,1-3H3. The molecule has 0 spiro atoms. The molecule has 0 aliphatic carbocycles. The van der Waals surface area contributed by atoms with Crippen LogP contribution in [0.1, 0.15) is 13.8 Å². The van der Waals surface area contributed by atoms with E-state index in [4.69, 9.17) is 11.6 Å². The predicted octanol–water partition coefficient (Wildman–Crippen LogP) is 2.34. The Morgan fingerprint density at radius 1 is 1.38 bits per heavy atom. The number of nitrogens with zero attached hydrogens (tertiary/aromatic N) is 1. The Kier molecular flexibility index (Phi) is 2.48. The molecule has 0 radical (unpaired) electrons. The van der Waals surface area contributed by atoms with E-state index in [2.05, 4.69) is 0 Å². The van der Waals surface area contributed by atoms with Crippen molar-refractivity contribution in [3.8, 4) is 0 Å². The van der Waals surface area contributed by atoms with Gasteiger partial charge in [0.15, 0.2) is 9.84 Å². The van der Waals surface area contributed by atoms with Crippen LogP contribution in [0.4, 0.5) is 5.69 Å². The zero-order valence-electron chi connectivity index (χ0n) is 9.49. The molecule has 88 valence electrons. The van der Waals surface area contributed by atoms with Crippen LogP contribution in [0.3, 0.4) is 0 Å². The molecule has 0 saturated heterocycles. The fraction of sp³-hybridized carbons (Fsp3) is 0.455. The Hall–Kier alpha value is -0.740. The van der Waals surface area contributed by atoms with Gasteiger partial charge < -0.3 is 4.90 Å². The highest BCUT2D eigenvalue weighted by Crippen LogP contribution is 2.41. The highest BCUT2D eigenvalue weighted by molar-refractivity contribution is 7.93. The molecule has 0 saturated carbocycles. The van der Waals surface area contributed by atoms with Gasteiger partial charge in [-0.2, -0.15) is 0 Å². The summed E-state index contributed by atoms with van der Waals surface area (Å²) in [4.78, 5) is 2.23. The van der Waals surface area contributed by atoms with Crippen LogP contribution in [0.2, 0.25) is 5.02 Å². The highest BCUT2D eigenvalue weighted by atomic mass is 35.5. The number of anilines is 1. The minimum atomic E-state index is -3.30. The van der Waals surface area contributed by atoms with Crippen molar-refractivity contribution in [2.45, 2.75) is 23.5 Å². The van der Waals surface area contributed by atoms with Crippen molar-refractivity contribution in [2.24, 2.45) is 0 Å². The molecule has 1 aliphatic rings. The summed E-state index contributed by atoms with van der Waals surface area (Å²) in [6.45, 7) is 3.93. The molecule has 5 heteroatoms. The van der Waals surface area contributed by atoms with E-state index in [0.29, 0.717) is 22.2 Å². The van der Waals surface area contributed by atoms with Crippen molar-refractivity contribution >= 4 is 27.1 Å². The summed E-state index contributed by atoms with van der Waals surface area (Å²) < 4.78 is 23.9. The van der Waals surface area contributed by atoms with Gasteiger partial charge in [-0.3, -0.25) is 0 Å². The second kappa shape index (κ2) is 3.37. The third kappa shape index (κ3) is 1.44. The molecule has 0 bridgehead atoms. The molecule has 0 N–H and O–H groups in total. The fourth-order valence-electron chi connectivity index (χ4n) is 2.12. The van der Waals surface area contributed by atoms with Crippen LogP contribution >= 0.6 is 11.6 Å². The molecule has 16 heavy (non-hydrogen) atoms. The molecular formula is C11H14ClNO2S. The molecule has 0 aromatic heterocycles. The monoisotopic (exact) mass is 259 g/mol. The average Bonchev–Trinajstić information content (AvgIpc) is 2.14. The topological polar surface area (TPSA) is 37.4 Å². The maximum atomic E-state index is 12.3. The minimum Gasteiger partial charge on any atom is -0.371 e. The first kappa shape index (κ1) is 11.7. The van der Waals surface area contributed by atoms with Crippen LogP contribution in [0.5, 0.6) is 0 Å². The molecule has 0 atom stereocenters. The summed E-state index contributed by atoms with van der Waals surface area (Å²) in [5.41, 5.74) is 0.614. The van der Waals surface area contributed by atoms with Crippen LogP contribution < -0.4 is 4.90 Å². The average molecular weight is 260 g/mol. The molecule has 1 aromatic carbocycles. The first-order valence-corrected chi connectivity index (χ1v) is 6.88. The van der Waals surface area contributed by atoms with E-state index in [-0.39, 0.29) is 0 Å². The van der Waals surface area contributed by atoms with E-state index < -0.39 is 14.6 Å². The molecule has 1 aromatic rings. The van der Waals surface area contributed by atoms with Gasteiger partial charge in [0.2, 0.25) is 0 Å². The summed E-state index contributed by atoms with van der Waals surface area (Å²) in [6.07, 6.45) is 0. The number of fused-ring (bicyclic) bond motifs is 1. The molecule has 0 fully saturated rings. The number of hydrogen-bond acceptors (Lipinski definition) is 3. The molecular weight excluding hydrogens is 246 g/mol. The molecule has 0 amide bonds. The van der Waals surface area contributed by atoms with Crippen molar-refractivity contribution in [1.82, 2.24) is 0 Å². The lowest BCUT2D eigenvalue weighted by molar-refractivity contribution is 0.534. The third-order valence-corrected chi connectivity index (χ3v) is 5.76. The van der Waals surface area contributed by atoms with Gasteiger partial charge in [0.25, 0.3) is 0 Å². The van der Waals surface area contributed by atoms with Crippen molar-refractivity contribution in [3.63, 3.8) is 0 Å². The van der Waals surface area contributed by atoms with E-state index in [9.17, 15) is 8.42 Å².